The number of nitrogens with zero attached hydrogens (tertiary/aromatic N) is 2. The predicted octanol–water partition coefficient (Wildman–Crippen LogP) is 3.55. The highest BCUT2D eigenvalue weighted by Crippen LogP contribution is 2.44. The van der Waals surface area contributed by atoms with Crippen molar-refractivity contribution in [2.45, 2.75) is 50.4 Å². The molecule has 1 heterocycles. The van der Waals surface area contributed by atoms with Gasteiger partial charge in [-0.25, -0.2) is 0 Å². The van der Waals surface area contributed by atoms with Crippen LogP contribution < -0.4 is 15.4 Å². The van der Waals surface area contributed by atoms with E-state index in [9.17, 15) is 4.79 Å². The van der Waals surface area contributed by atoms with E-state index in [1.54, 1.807) is 14.2 Å². The quantitative estimate of drug-likeness (QED) is 0.337. The van der Waals surface area contributed by atoms with Gasteiger partial charge in [-0.1, -0.05) is 31.0 Å². The van der Waals surface area contributed by atoms with Crippen molar-refractivity contribution in [3.05, 3.63) is 29.8 Å². The number of rotatable bonds is 6. The lowest BCUT2D eigenvalue weighted by molar-refractivity contribution is -0.121. The second kappa shape index (κ2) is 11.8. The first-order chi connectivity index (χ1) is 14.1. The van der Waals surface area contributed by atoms with E-state index in [0.29, 0.717) is 12.3 Å². The molecule has 1 amide bonds. The molecular formula is C23H37IN4O2. The third-order valence-electron chi connectivity index (χ3n) is 6.70. The number of likely N-dealkylation sites (tertiary alicyclic amines) is 1. The fourth-order valence-corrected chi connectivity index (χ4v) is 4.97. The number of amides is 1. The largest absolute Gasteiger partial charge is 0.496 e. The number of guanidine groups is 1. The lowest BCUT2D eigenvalue weighted by Gasteiger charge is -2.37. The van der Waals surface area contributed by atoms with Crippen LogP contribution >= 0.6 is 24.0 Å². The molecular weight excluding hydrogens is 491 g/mol. The Hall–Kier alpha value is -1.51. The molecule has 6 nitrogen and oxygen atoms in total. The molecule has 1 aliphatic heterocycles. The van der Waals surface area contributed by atoms with Crippen LogP contribution in [0.2, 0.25) is 0 Å². The monoisotopic (exact) mass is 528 g/mol. The number of carbonyl (C=O) groups excluding carboxylic acids is 1. The molecule has 2 aliphatic rings. The fourth-order valence-electron chi connectivity index (χ4n) is 4.97. The highest BCUT2D eigenvalue weighted by atomic mass is 127. The maximum absolute atomic E-state index is 11.7. The average molecular weight is 528 g/mol. The summed E-state index contributed by atoms with van der Waals surface area (Å²) in [6.07, 6.45) is 7.55. The highest BCUT2D eigenvalue weighted by Gasteiger charge is 2.38. The topological polar surface area (TPSA) is 66.0 Å². The Morgan fingerprint density at radius 2 is 1.90 bits per heavy atom. The third kappa shape index (κ3) is 5.80. The summed E-state index contributed by atoms with van der Waals surface area (Å²) in [5.41, 5.74) is 1.41. The Balaban J connectivity index is 0.00000320. The minimum Gasteiger partial charge on any atom is -0.496 e. The zero-order valence-corrected chi connectivity index (χ0v) is 20.9. The number of ether oxygens (including phenoxy) is 1. The van der Waals surface area contributed by atoms with Gasteiger partial charge in [-0.2, -0.15) is 0 Å². The Bertz CT molecular complexity index is 711. The van der Waals surface area contributed by atoms with E-state index in [2.05, 4.69) is 38.7 Å². The number of aliphatic imine (C=N–C) groups is 1. The van der Waals surface area contributed by atoms with Gasteiger partial charge < -0.3 is 20.3 Å². The normalized spacial score (nSPS) is 19.2. The Kier molecular flexibility index (Phi) is 9.71. The highest BCUT2D eigenvalue weighted by molar-refractivity contribution is 14.0. The number of nitrogens with one attached hydrogen (secondary N) is 2. The van der Waals surface area contributed by atoms with Crippen LogP contribution in [0.4, 0.5) is 0 Å². The van der Waals surface area contributed by atoms with Gasteiger partial charge >= 0.3 is 0 Å². The van der Waals surface area contributed by atoms with Crippen LogP contribution in [0.5, 0.6) is 5.75 Å². The number of methoxy groups -OCH3 is 1. The molecule has 1 aromatic rings. The van der Waals surface area contributed by atoms with Gasteiger partial charge in [-0.05, 0) is 37.7 Å². The number of piperidine rings is 1. The minimum atomic E-state index is 0. The molecule has 1 aliphatic carbocycles. The van der Waals surface area contributed by atoms with Crippen molar-refractivity contribution in [2.75, 3.05) is 40.8 Å². The van der Waals surface area contributed by atoms with Crippen LogP contribution in [0.25, 0.3) is 0 Å². The maximum atomic E-state index is 11.7. The van der Waals surface area contributed by atoms with E-state index in [4.69, 9.17) is 4.74 Å². The first-order valence-corrected chi connectivity index (χ1v) is 10.9. The summed E-state index contributed by atoms with van der Waals surface area (Å²) in [6.45, 7) is 2.77. The van der Waals surface area contributed by atoms with E-state index < -0.39 is 0 Å². The zero-order valence-electron chi connectivity index (χ0n) is 18.6. The van der Waals surface area contributed by atoms with E-state index in [0.717, 1.165) is 44.2 Å². The van der Waals surface area contributed by atoms with Gasteiger partial charge in [0.15, 0.2) is 5.96 Å². The van der Waals surface area contributed by atoms with E-state index in [1.165, 1.54) is 31.2 Å². The maximum Gasteiger partial charge on any atom is 0.220 e. The molecule has 3 rings (SSSR count). The standard InChI is InChI=1S/C23H36N4O2.HI/c1-24-21(28)16-18-10-14-27(15-11-18)22(25-2)26-17-23(12-6-7-13-23)19-8-4-5-9-20(19)29-3;/h4-5,8-9,18H,6-7,10-17H2,1-3H3,(H,24,28)(H,25,26);1H. The summed E-state index contributed by atoms with van der Waals surface area (Å²) in [5, 5.41) is 6.42. The molecule has 0 radical (unpaired) electrons. The van der Waals surface area contributed by atoms with Crippen LogP contribution in [0.15, 0.2) is 29.3 Å². The first-order valence-electron chi connectivity index (χ1n) is 10.9. The number of hydrogen-bond donors (Lipinski definition) is 2. The fraction of sp³-hybridized carbons (Fsp3) is 0.652. The molecule has 0 unspecified atom stereocenters. The van der Waals surface area contributed by atoms with E-state index in [1.807, 2.05) is 13.1 Å². The molecule has 2 N–H and O–H groups in total. The SMILES string of the molecule is CN=C(NCC1(c2ccccc2OC)CCCC1)N1CCC(CC(=O)NC)CC1.I. The van der Waals surface area contributed by atoms with Gasteiger partial charge in [0.05, 0.1) is 7.11 Å². The molecule has 1 aromatic carbocycles. The lowest BCUT2D eigenvalue weighted by atomic mass is 9.78. The molecule has 1 saturated carbocycles. The second-order valence-corrected chi connectivity index (χ2v) is 8.40. The lowest BCUT2D eigenvalue weighted by Crippen LogP contribution is -2.49. The number of carbonyl (C=O) groups is 1. The van der Waals surface area contributed by atoms with Gasteiger partial charge in [0, 0.05) is 51.1 Å². The molecule has 0 bridgehead atoms. The van der Waals surface area contributed by atoms with Crippen LogP contribution in [0.3, 0.4) is 0 Å². The summed E-state index contributed by atoms with van der Waals surface area (Å²) in [4.78, 5) is 18.6. The first kappa shape index (κ1) is 24.8. The number of para-hydroxylation sites is 1. The van der Waals surface area contributed by atoms with Gasteiger partial charge in [-0.3, -0.25) is 9.79 Å². The van der Waals surface area contributed by atoms with E-state index in [-0.39, 0.29) is 35.3 Å². The van der Waals surface area contributed by atoms with Gasteiger partial charge in [-0.15, -0.1) is 24.0 Å². The van der Waals surface area contributed by atoms with Crippen molar-refractivity contribution < 1.29 is 9.53 Å². The van der Waals surface area contributed by atoms with Crippen molar-refractivity contribution in [3.63, 3.8) is 0 Å². The second-order valence-electron chi connectivity index (χ2n) is 8.40. The molecule has 7 heteroatoms. The van der Waals surface area contributed by atoms with Crippen LogP contribution in [0.1, 0.15) is 50.5 Å². The Morgan fingerprint density at radius 1 is 1.23 bits per heavy atom. The molecule has 0 atom stereocenters. The molecule has 0 spiro atoms. The van der Waals surface area contributed by atoms with Crippen molar-refractivity contribution in [2.24, 2.45) is 10.9 Å². The predicted molar refractivity (Wildman–Crippen MR) is 133 cm³/mol. The van der Waals surface area contributed by atoms with Gasteiger partial charge in [0.1, 0.15) is 5.75 Å². The van der Waals surface area contributed by atoms with Crippen LogP contribution in [-0.4, -0.2) is 57.6 Å². The number of halogens is 1. The number of hydrogen-bond acceptors (Lipinski definition) is 3. The summed E-state index contributed by atoms with van der Waals surface area (Å²) < 4.78 is 5.68. The van der Waals surface area contributed by atoms with Crippen molar-refractivity contribution in [1.29, 1.82) is 0 Å². The smallest absolute Gasteiger partial charge is 0.220 e. The molecule has 1 saturated heterocycles. The summed E-state index contributed by atoms with van der Waals surface area (Å²) in [7, 11) is 5.34. The minimum absolute atomic E-state index is 0. The molecule has 168 valence electrons. The molecule has 30 heavy (non-hydrogen) atoms. The van der Waals surface area contributed by atoms with Gasteiger partial charge in [0.2, 0.25) is 5.91 Å². The van der Waals surface area contributed by atoms with Crippen LogP contribution in [-0.2, 0) is 10.2 Å². The van der Waals surface area contributed by atoms with Crippen molar-refractivity contribution in [1.82, 2.24) is 15.5 Å². The van der Waals surface area contributed by atoms with Gasteiger partial charge in [0.25, 0.3) is 0 Å². The van der Waals surface area contributed by atoms with Crippen LogP contribution in [0, 0.1) is 5.92 Å². The molecule has 2 fully saturated rings. The summed E-state index contributed by atoms with van der Waals surface area (Å²) in [6, 6.07) is 8.45. The zero-order chi connectivity index (χ0) is 20.7. The average Bonchev–Trinajstić information content (AvgIpc) is 3.25. The summed E-state index contributed by atoms with van der Waals surface area (Å²) in [5.74, 6) is 2.58. The summed E-state index contributed by atoms with van der Waals surface area (Å²) >= 11 is 0. The Morgan fingerprint density at radius 3 is 2.50 bits per heavy atom. The Labute approximate surface area is 198 Å². The number of benzene rings is 1. The van der Waals surface area contributed by atoms with E-state index >= 15 is 0 Å². The van der Waals surface area contributed by atoms with Crippen molar-refractivity contribution in [3.8, 4) is 5.75 Å². The molecule has 0 aromatic heterocycles. The third-order valence-corrected chi connectivity index (χ3v) is 6.70. The van der Waals surface area contributed by atoms with Crippen molar-refractivity contribution >= 4 is 35.8 Å².